The van der Waals surface area contributed by atoms with Gasteiger partial charge in [0.15, 0.2) is 0 Å². The smallest absolute Gasteiger partial charge is 0.241 e. The minimum Gasteiger partial charge on any atom is -0.352 e. The lowest BCUT2D eigenvalue weighted by Gasteiger charge is -2.30. The zero-order valence-corrected chi connectivity index (χ0v) is 22.3. The van der Waals surface area contributed by atoms with E-state index in [1.54, 1.807) is 0 Å². The molecular weight excluding hydrogens is 518 g/mol. The summed E-state index contributed by atoms with van der Waals surface area (Å²) in [5, 5.41) is 7.28. The number of benzene rings is 2. The van der Waals surface area contributed by atoms with Crippen LogP contribution in [0, 0.1) is 5.92 Å². The molecule has 0 radical (unpaired) electrons. The van der Waals surface area contributed by atoms with Crippen LogP contribution in [-0.4, -0.2) is 52.0 Å². The number of carbonyl (C=O) groups excluding carboxylic acids is 1. The quantitative estimate of drug-likeness (QED) is 0.424. The number of aromatic nitrogens is 2. The molecule has 1 unspecified atom stereocenters. The molecule has 8 heteroatoms. The van der Waals surface area contributed by atoms with Crippen molar-refractivity contribution in [1.29, 1.82) is 0 Å². The summed E-state index contributed by atoms with van der Waals surface area (Å²) in [6.07, 6.45) is 5.87. The van der Waals surface area contributed by atoms with Gasteiger partial charge in [-0.05, 0) is 80.7 Å². The van der Waals surface area contributed by atoms with E-state index in [1.165, 1.54) is 37.9 Å². The number of likely N-dealkylation sites (tertiary alicyclic amines) is 2. The molecule has 190 valence electrons. The monoisotopic (exact) mass is 551 g/mol. The third-order valence-corrected chi connectivity index (χ3v) is 7.68. The second kappa shape index (κ2) is 12.1. The molecule has 3 heterocycles. The topological polar surface area (TPSA) is 74.5 Å². The van der Waals surface area contributed by atoms with Gasteiger partial charge >= 0.3 is 0 Å². The van der Waals surface area contributed by atoms with Crippen molar-refractivity contribution in [3.8, 4) is 11.4 Å². The summed E-state index contributed by atoms with van der Waals surface area (Å²) in [4.78, 5) is 22.2. The van der Waals surface area contributed by atoms with Crippen LogP contribution < -0.4 is 5.32 Å². The second-order valence-electron chi connectivity index (χ2n) is 9.96. The molecule has 2 fully saturated rings. The van der Waals surface area contributed by atoms with Crippen molar-refractivity contribution in [1.82, 2.24) is 25.3 Å². The van der Waals surface area contributed by atoms with Crippen molar-refractivity contribution in [2.45, 2.75) is 51.7 Å². The molecule has 2 aliphatic rings. The predicted molar refractivity (Wildman–Crippen MR) is 143 cm³/mol. The maximum Gasteiger partial charge on any atom is 0.241 e. The van der Waals surface area contributed by atoms with Gasteiger partial charge in [0.25, 0.3) is 0 Å². The summed E-state index contributed by atoms with van der Waals surface area (Å²) in [6.45, 7) is 6.19. The van der Waals surface area contributed by atoms with E-state index >= 15 is 0 Å². The number of hydrogen-bond acceptors (Lipinski definition) is 6. The average molecular weight is 553 g/mol. The lowest BCUT2D eigenvalue weighted by atomic mass is 9.97. The molecule has 2 aliphatic heterocycles. The molecule has 2 saturated heterocycles. The molecule has 0 bridgehead atoms. The first kappa shape index (κ1) is 25.1. The van der Waals surface area contributed by atoms with Gasteiger partial charge in [0, 0.05) is 29.7 Å². The van der Waals surface area contributed by atoms with Crippen molar-refractivity contribution in [2.24, 2.45) is 5.92 Å². The van der Waals surface area contributed by atoms with Gasteiger partial charge in [0.05, 0.1) is 12.5 Å². The van der Waals surface area contributed by atoms with Crippen LogP contribution in [-0.2, 0) is 24.4 Å². The van der Waals surface area contributed by atoms with E-state index in [9.17, 15) is 4.79 Å². The van der Waals surface area contributed by atoms with Gasteiger partial charge < -0.3 is 9.84 Å². The molecule has 0 aliphatic carbocycles. The van der Waals surface area contributed by atoms with Crippen LogP contribution in [0.5, 0.6) is 0 Å². The van der Waals surface area contributed by atoms with E-state index in [-0.39, 0.29) is 11.8 Å². The normalized spacial score (nSPS) is 19.3. The van der Waals surface area contributed by atoms with Crippen LogP contribution in [0.25, 0.3) is 11.4 Å². The zero-order valence-electron chi connectivity index (χ0n) is 20.7. The molecule has 0 saturated carbocycles. The molecule has 1 aromatic heterocycles. The molecule has 0 spiro atoms. The Kier molecular flexibility index (Phi) is 8.46. The van der Waals surface area contributed by atoms with Crippen LogP contribution in [0.3, 0.4) is 0 Å². The van der Waals surface area contributed by atoms with Crippen molar-refractivity contribution in [3.63, 3.8) is 0 Å². The standard InChI is InChI=1S/C28H34BrN5O2/c29-25-12-10-23(11-13-25)27-31-26(36-32-27)20-34-16-4-5-24(19-34)28(35)30-17-21-6-8-22(9-7-21)18-33-14-2-1-3-15-33/h6-13,24H,1-5,14-20H2,(H,30,35). The first-order valence-electron chi connectivity index (χ1n) is 13.0. The summed E-state index contributed by atoms with van der Waals surface area (Å²) in [5.74, 6) is 1.27. The number of hydrogen-bond donors (Lipinski definition) is 1. The van der Waals surface area contributed by atoms with Crippen molar-refractivity contribution >= 4 is 21.8 Å². The highest BCUT2D eigenvalue weighted by Crippen LogP contribution is 2.22. The Balaban J connectivity index is 1.09. The number of carbonyl (C=O) groups is 1. The average Bonchev–Trinajstić information content (AvgIpc) is 3.37. The van der Waals surface area contributed by atoms with Crippen molar-refractivity contribution in [3.05, 3.63) is 70.0 Å². The van der Waals surface area contributed by atoms with Crippen LogP contribution in [0.15, 0.2) is 57.5 Å². The predicted octanol–water partition coefficient (Wildman–Crippen LogP) is 5.01. The van der Waals surface area contributed by atoms with E-state index < -0.39 is 0 Å². The van der Waals surface area contributed by atoms with Gasteiger partial charge in [-0.3, -0.25) is 14.6 Å². The molecule has 36 heavy (non-hydrogen) atoms. The molecule has 1 amide bonds. The van der Waals surface area contributed by atoms with Gasteiger partial charge in [-0.2, -0.15) is 4.98 Å². The Morgan fingerprint density at radius 3 is 2.42 bits per heavy atom. The summed E-state index contributed by atoms with van der Waals surface area (Å²) >= 11 is 3.44. The Morgan fingerprint density at radius 2 is 1.64 bits per heavy atom. The van der Waals surface area contributed by atoms with Gasteiger partial charge in [-0.15, -0.1) is 0 Å². The highest BCUT2D eigenvalue weighted by molar-refractivity contribution is 9.10. The minimum absolute atomic E-state index is 0.0222. The molecule has 7 nitrogen and oxygen atoms in total. The van der Waals surface area contributed by atoms with Gasteiger partial charge in [-0.1, -0.05) is 51.8 Å². The summed E-state index contributed by atoms with van der Waals surface area (Å²) in [7, 11) is 0. The number of rotatable bonds is 8. The number of nitrogens with zero attached hydrogens (tertiary/aromatic N) is 4. The van der Waals surface area contributed by atoms with E-state index in [0.717, 1.165) is 41.5 Å². The first-order valence-corrected chi connectivity index (χ1v) is 13.8. The molecule has 2 aromatic carbocycles. The van der Waals surface area contributed by atoms with E-state index in [1.807, 2.05) is 24.3 Å². The Hall–Kier alpha value is -2.55. The third-order valence-electron chi connectivity index (χ3n) is 7.15. The van der Waals surface area contributed by atoms with E-state index in [2.05, 4.69) is 65.5 Å². The van der Waals surface area contributed by atoms with Gasteiger partial charge in [0.2, 0.25) is 17.6 Å². The second-order valence-corrected chi connectivity index (χ2v) is 10.9. The van der Waals surface area contributed by atoms with E-state index in [4.69, 9.17) is 4.52 Å². The number of amides is 1. The molecule has 5 rings (SSSR count). The number of nitrogens with one attached hydrogen (secondary N) is 1. The van der Waals surface area contributed by atoms with Crippen LogP contribution in [0.1, 0.15) is 49.1 Å². The van der Waals surface area contributed by atoms with Crippen molar-refractivity contribution in [2.75, 3.05) is 26.2 Å². The van der Waals surface area contributed by atoms with Crippen LogP contribution in [0.2, 0.25) is 0 Å². The maximum absolute atomic E-state index is 12.9. The fourth-order valence-corrected chi connectivity index (χ4v) is 5.38. The fourth-order valence-electron chi connectivity index (χ4n) is 5.11. The molecule has 1 atom stereocenters. The lowest BCUT2D eigenvalue weighted by Crippen LogP contribution is -2.42. The Morgan fingerprint density at radius 1 is 0.917 bits per heavy atom. The number of halogens is 1. The van der Waals surface area contributed by atoms with Crippen molar-refractivity contribution < 1.29 is 9.32 Å². The summed E-state index contributed by atoms with van der Waals surface area (Å²) in [6, 6.07) is 16.5. The fraction of sp³-hybridized carbons (Fsp3) is 0.464. The van der Waals surface area contributed by atoms with Crippen LogP contribution in [0.4, 0.5) is 0 Å². The van der Waals surface area contributed by atoms with E-state index in [0.29, 0.717) is 31.3 Å². The third kappa shape index (κ3) is 6.81. The first-order chi connectivity index (χ1) is 17.6. The maximum atomic E-state index is 12.9. The highest BCUT2D eigenvalue weighted by atomic mass is 79.9. The largest absolute Gasteiger partial charge is 0.352 e. The lowest BCUT2D eigenvalue weighted by molar-refractivity contribution is -0.127. The Labute approximate surface area is 221 Å². The molecular formula is C28H34BrN5O2. The van der Waals surface area contributed by atoms with Crippen LogP contribution >= 0.6 is 15.9 Å². The molecule has 3 aromatic rings. The zero-order chi connectivity index (χ0) is 24.7. The molecule has 1 N–H and O–H groups in total. The minimum atomic E-state index is -0.0222. The number of piperidine rings is 2. The van der Waals surface area contributed by atoms with Gasteiger partial charge in [-0.25, -0.2) is 0 Å². The van der Waals surface area contributed by atoms with Gasteiger partial charge in [0.1, 0.15) is 0 Å². The SMILES string of the molecule is O=C(NCc1ccc(CN2CCCCC2)cc1)C1CCCN(Cc2nc(-c3ccc(Br)cc3)no2)C1. The highest BCUT2D eigenvalue weighted by Gasteiger charge is 2.27. The summed E-state index contributed by atoms with van der Waals surface area (Å²) in [5.41, 5.74) is 3.41. The Bertz CT molecular complexity index is 1130. The summed E-state index contributed by atoms with van der Waals surface area (Å²) < 4.78 is 6.50.